The highest BCUT2D eigenvalue weighted by atomic mass is 35.5. The van der Waals surface area contributed by atoms with E-state index in [9.17, 15) is 31.2 Å². The molecule has 1 aromatic rings. The minimum atomic E-state index is -4.29. The highest BCUT2D eigenvalue weighted by Gasteiger charge is 2.52. The van der Waals surface area contributed by atoms with Crippen LogP contribution in [0.25, 0.3) is 0 Å². The molecule has 2 saturated carbocycles. The minimum absolute atomic E-state index is 0.00345. The van der Waals surface area contributed by atoms with Gasteiger partial charge in [0.2, 0.25) is 15.9 Å². The normalized spacial score (nSPS) is 33.9. The van der Waals surface area contributed by atoms with Gasteiger partial charge in [0.15, 0.2) is 0 Å². The zero-order chi connectivity index (χ0) is 35.2. The van der Waals surface area contributed by atoms with E-state index in [4.69, 9.17) is 21.3 Å². The van der Waals surface area contributed by atoms with Gasteiger partial charge >= 0.3 is 6.18 Å². The Hall–Kier alpha value is -1.39. The fraction of sp³-hybridized carbons (Fsp3) is 0.848. The summed E-state index contributed by atoms with van der Waals surface area (Å²) in [5, 5.41) is 3.68. The van der Waals surface area contributed by atoms with Crippen molar-refractivity contribution in [2.24, 2.45) is 17.8 Å². The summed E-state index contributed by atoms with van der Waals surface area (Å²) >= 11 is 8.45. The van der Waals surface area contributed by atoms with E-state index in [-0.39, 0.29) is 77.9 Å². The number of piperidine rings is 1. The highest BCUT2D eigenvalue weighted by Crippen LogP contribution is 2.48. The van der Waals surface area contributed by atoms with Crippen LogP contribution in [0.4, 0.5) is 13.2 Å². The van der Waals surface area contributed by atoms with E-state index in [0.29, 0.717) is 35.7 Å². The number of fused-ring (bicyclic) bond motifs is 2. The van der Waals surface area contributed by atoms with Crippen LogP contribution in [0.1, 0.15) is 75.4 Å². The number of nitrogens with zero attached hydrogens (tertiary/aromatic N) is 3. The van der Waals surface area contributed by atoms with Crippen LogP contribution in [0.2, 0.25) is 0 Å². The zero-order valence-corrected chi connectivity index (χ0v) is 30.8. The van der Waals surface area contributed by atoms with Gasteiger partial charge in [-0.3, -0.25) is 23.8 Å². The predicted octanol–water partition coefficient (Wildman–Crippen LogP) is 3.79. The van der Waals surface area contributed by atoms with E-state index in [1.165, 1.54) is 0 Å². The van der Waals surface area contributed by atoms with Crippen molar-refractivity contribution >= 4 is 39.3 Å². The van der Waals surface area contributed by atoms with Gasteiger partial charge in [0, 0.05) is 46.1 Å². The first-order chi connectivity index (χ1) is 23.1. The van der Waals surface area contributed by atoms with Crippen molar-refractivity contribution in [2.75, 3.05) is 25.2 Å². The first-order valence-electron chi connectivity index (χ1n) is 17.6. The number of hydrogen-bond donors (Lipinski definition) is 2. The number of carbonyl (C=O) groups is 1. The van der Waals surface area contributed by atoms with Crippen LogP contribution in [-0.4, -0.2) is 101 Å². The number of aromatic nitrogens is 2. The standard InChI is InChI=1S/C33H49ClF3N5O5S2/c1-18-13-24(30-29(38-18)26(16-48-30)31(43)40-49(3,45)46)23-14-20(34)7-10-28(23)47-12-11-41-19(2)39-27-9-8-22(15-25(27)32(41)44)42(17-33(35,36)37)21-5-4-6-21/h18,20-24,26,28-30,38H,4-17H2,1-3H3,(H,40,43). The number of alkyl halides is 4. The van der Waals surface area contributed by atoms with Gasteiger partial charge in [-0.05, 0) is 83.5 Å². The molecule has 0 aromatic carbocycles. The molecule has 6 rings (SSSR count). The Morgan fingerprint density at radius 1 is 1.16 bits per heavy atom. The van der Waals surface area contributed by atoms with Crippen molar-refractivity contribution < 1.29 is 31.1 Å². The van der Waals surface area contributed by atoms with Crippen molar-refractivity contribution in [1.82, 2.24) is 24.5 Å². The predicted molar refractivity (Wildman–Crippen MR) is 183 cm³/mol. The summed E-state index contributed by atoms with van der Waals surface area (Å²) in [7, 11) is -3.67. The number of halogens is 4. The molecule has 2 aliphatic heterocycles. The van der Waals surface area contributed by atoms with Gasteiger partial charge in [-0.2, -0.15) is 24.9 Å². The lowest BCUT2D eigenvalue weighted by atomic mass is 9.70. The van der Waals surface area contributed by atoms with E-state index in [0.717, 1.165) is 51.2 Å². The molecule has 5 aliphatic rings. The molecule has 10 nitrogen and oxygen atoms in total. The third-order valence-corrected chi connectivity index (χ3v) is 14.0. The number of nitrogens with one attached hydrogen (secondary N) is 2. The molecule has 9 atom stereocenters. The highest BCUT2D eigenvalue weighted by molar-refractivity contribution is 8.00. The number of amides is 1. The van der Waals surface area contributed by atoms with Crippen LogP contribution in [0, 0.1) is 24.7 Å². The van der Waals surface area contributed by atoms with Crippen LogP contribution in [0.3, 0.4) is 0 Å². The topological polar surface area (TPSA) is 123 Å². The Labute approximate surface area is 296 Å². The zero-order valence-electron chi connectivity index (χ0n) is 28.4. The molecule has 9 unspecified atom stereocenters. The molecule has 2 saturated heterocycles. The van der Waals surface area contributed by atoms with Gasteiger partial charge in [0.25, 0.3) is 5.56 Å². The van der Waals surface area contributed by atoms with E-state index >= 15 is 0 Å². The smallest absolute Gasteiger partial charge is 0.376 e. The average Bonchev–Trinajstić information content (AvgIpc) is 3.40. The lowest BCUT2D eigenvalue weighted by molar-refractivity contribution is -0.161. The largest absolute Gasteiger partial charge is 0.401 e. The molecular weight excluding hydrogens is 703 g/mol. The summed E-state index contributed by atoms with van der Waals surface area (Å²) in [6.45, 7) is 3.50. The van der Waals surface area contributed by atoms with Crippen molar-refractivity contribution in [3.8, 4) is 0 Å². The quantitative estimate of drug-likeness (QED) is 0.344. The number of aryl methyl sites for hydroxylation is 2. The summed E-state index contributed by atoms with van der Waals surface area (Å²) in [6.07, 6.45) is 3.59. The van der Waals surface area contributed by atoms with E-state index in [2.05, 4.69) is 17.0 Å². The summed E-state index contributed by atoms with van der Waals surface area (Å²) in [5.74, 6) is 0.494. The second kappa shape index (κ2) is 14.9. The van der Waals surface area contributed by atoms with Gasteiger partial charge < -0.3 is 10.1 Å². The van der Waals surface area contributed by atoms with Crippen molar-refractivity contribution in [3.05, 3.63) is 27.4 Å². The molecule has 3 heterocycles. The SMILES string of the molecule is Cc1nc2c(c(=O)n1CCOC1CCC(Cl)CC1C1CC(C)NC3C(C(=O)NS(C)(=O)=O)CSC13)CC(N(CC(F)(F)F)C1CCC1)CC2. The third-order valence-electron chi connectivity index (χ3n) is 11.4. The molecule has 49 heavy (non-hydrogen) atoms. The maximum absolute atomic E-state index is 13.8. The number of ether oxygens (including phenoxy) is 1. The lowest BCUT2D eigenvalue weighted by Crippen LogP contribution is -2.58. The molecule has 0 radical (unpaired) electrons. The lowest BCUT2D eigenvalue weighted by Gasteiger charge is -2.47. The molecule has 1 amide bonds. The van der Waals surface area contributed by atoms with Crippen LogP contribution in [0.5, 0.6) is 0 Å². The van der Waals surface area contributed by atoms with Crippen LogP contribution in [-0.2, 0) is 38.9 Å². The first-order valence-corrected chi connectivity index (χ1v) is 21.0. The Balaban J connectivity index is 1.14. The summed E-state index contributed by atoms with van der Waals surface area (Å²) in [5.41, 5.74) is 1.04. The van der Waals surface area contributed by atoms with Crippen molar-refractivity contribution in [1.29, 1.82) is 0 Å². The Morgan fingerprint density at radius 2 is 1.92 bits per heavy atom. The number of rotatable bonds is 10. The van der Waals surface area contributed by atoms with Crippen molar-refractivity contribution in [3.63, 3.8) is 0 Å². The maximum atomic E-state index is 13.8. The molecule has 0 bridgehead atoms. The van der Waals surface area contributed by atoms with Crippen LogP contribution >= 0.6 is 23.4 Å². The second-order valence-corrected chi connectivity index (χ2v) is 18.5. The molecule has 2 N–H and O–H groups in total. The fourth-order valence-electron chi connectivity index (χ4n) is 9.02. The van der Waals surface area contributed by atoms with E-state index in [1.807, 2.05) is 0 Å². The summed E-state index contributed by atoms with van der Waals surface area (Å²) in [4.78, 5) is 33.1. The van der Waals surface area contributed by atoms with E-state index < -0.39 is 34.6 Å². The molecule has 3 aliphatic carbocycles. The van der Waals surface area contributed by atoms with Gasteiger partial charge in [-0.25, -0.2) is 13.4 Å². The minimum Gasteiger partial charge on any atom is -0.376 e. The number of hydrogen-bond acceptors (Lipinski definition) is 9. The third kappa shape index (κ3) is 8.64. The second-order valence-electron chi connectivity index (χ2n) is 14.9. The summed E-state index contributed by atoms with van der Waals surface area (Å²) in [6, 6.07) is -0.471. The molecular formula is C33H49ClF3N5O5S2. The Morgan fingerprint density at radius 3 is 2.59 bits per heavy atom. The van der Waals surface area contributed by atoms with Gasteiger partial charge in [0.1, 0.15) is 5.82 Å². The molecule has 16 heteroatoms. The molecule has 1 aromatic heterocycles. The van der Waals surface area contributed by atoms with E-state index in [1.54, 1.807) is 28.2 Å². The molecule has 4 fully saturated rings. The number of thioether (sulfide) groups is 1. The van der Waals surface area contributed by atoms with Gasteiger partial charge in [0.05, 0.1) is 43.7 Å². The first kappa shape index (κ1) is 37.4. The number of carbonyl (C=O) groups excluding carboxylic acids is 1. The Bertz CT molecular complexity index is 1540. The van der Waals surface area contributed by atoms with Crippen LogP contribution < -0.4 is 15.6 Å². The van der Waals surface area contributed by atoms with Crippen LogP contribution in [0.15, 0.2) is 4.79 Å². The Kier molecular flexibility index (Phi) is 11.4. The summed E-state index contributed by atoms with van der Waals surface area (Å²) < 4.78 is 74.6. The van der Waals surface area contributed by atoms with Gasteiger partial charge in [-0.1, -0.05) is 6.42 Å². The maximum Gasteiger partial charge on any atom is 0.401 e. The molecule has 276 valence electrons. The number of sulfonamides is 1. The fourth-order valence-corrected chi connectivity index (χ4v) is 11.7. The molecule has 0 spiro atoms. The average molecular weight is 752 g/mol. The van der Waals surface area contributed by atoms with Gasteiger partial charge in [-0.15, -0.1) is 11.6 Å². The van der Waals surface area contributed by atoms with Crippen molar-refractivity contribution in [2.45, 2.75) is 132 Å². The monoisotopic (exact) mass is 751 g/mol.